The number of ketones is 2. The average Bonchev–Trinajstić information content (AvgIpc) is 3.95. The number of aromatic nitrogens is 1. The number of nitrogens with one attached hydrogen (secondary N) is 2. The number of pyridine rings is 1. The van der Waals surface area contributed by atoms with Gasteiger partial charge < -0.3 is 45.0 Å². The molecule has 2 saturated carbocycles. The fourth-order valence-corrected chi connectivity index (χ4v) is 13.9. The summed E-state index contributed by atoms with van der Waals surface area (Å²) < 4.78 is 29.9. The summed E-state index contributed by atoms with van der Waals surface area (Å²) in [5.74, 6) is 0.515. The highest BCUT2D eigenvalue weighted by Crippen LogP contribution is 2.66. The number of amides is 3. The first-order valence-corrected chi connectivity index (χ1v) is 26.8. The predicted octanol–water partition coefficient (Wildman–Crippen LogP) is 7.50. The molecule has 3 fully saturated rings. The van der Waals surface area contributed by atoms with Crippen LogP contribution in [0.1, 0.15) is 98.0 Å². The third-order valence-electron chi connectivity index (χ3n) is 18.0. The van der Waals surface area contributed by atoms with Crippen LogP contribution in [0.15, 0.2) is 101 Å². The summed E-state index contributed by atoms with van der Waals surface area (Å²) in [6, 6.07) is 4.26. The first-order chi connectivity index (χ1) is 35.5. The molecule has 16 nitrogen and oxygen atoms in total. The number of rotatable bonds is 9. The van der Waals surface area contributed by atoms with Gasteiger partial charge in [0.2, 0.25) is 11.6 Å². The maximum atomic E-state index is 14.3. The summed E-state index contributed by atoms with van der Waals surface area (Å²) in [7, 11) is 3.05. The van der Waals surface area contributed by atoms with Crippen molar-refractivity contribution in [3.05, 3.63) is 106 Å². The minimum atomic E-state index is -1.01. The van der Waals surface area contributed by atoms with Crippen molar-refractivity contribution in [3.63, 3.8) is 0 Å². The molecule has 9 rings (SSSR count). The Hall–Kier alpha value is -5.84. The quantitative estimate of drug-likeness (QED) is 0.162. The number of allylic oxidation sites excluding steroid dienone is 7. The third kappa shape index (κ3) is 10.7. The molecular weight excluding hydrogens is 941 g/mol. The van der Waals surface area contributed by atoms with Gasteiger partial charge >= 0.3 is 12.2 Å². The van der Waals surface area contributed by atoms with Crippen molar-refractivity contribution >= 4 is 35.2 Å². The molecule has 4 bridgehead atoms. The van der Waals surface area contributed by atoms with E-state index in [1.807, 2.05) is 43.3 Å². The second kappa shape index (κ2) is 22.2. The maximum absolute atomic E-state index is 14.3. The van der Waals surface area contributed by atoms with Crippen LogP contribution in [0.5, 0.6) is 0 Å². The van der Waals surface area contributed by atoms with Gasteiger partial charge in [0, 0.05) is 95.4 Å². The van der Waals surface area contributed by atoms with Crippen LogP contribution in [0.25, 0.3) is 5.57 Å². The normalized spacial score (nSPS) is 35.9. The van der Waals surface area contributed by atoms with Gasteiger partial charge in [-0.2, -0.15) is 0 Å². The van der Waals surface area contributed by atoms with E-state index in [4.69, 9.17) is 29.4 Å². The second-order valence-electron chi connectivity index (χ2n) is 22.5. The molecule has 74 heavy (non-hydrogen) atoms. The van der Waals surface area contributed by atoms with Crippen molar-refractivity contribution in [2.75, 3.05) is 53.5 Å². The number of nitrogens with zero attached hydrogens (tertiary/aromatic N) is 3. The molecule has 4 heterocycles. The molecule has 8 aliphatic rings. The van der Waals surface area contributed by atoms with E-state index < -0.39 is 48.0 Å². The molecule has 0 aromatic carbocycles. The van der Waals surface area contributed by atoms with E-state index in [0.717, 1.165) is 32.1 Å². The number of methoxy groups -OCH3 is 2. The lowest BCUT2D eigenvalue weighted by atomic mass is 9.47. The number of Topliss-reactive ketones (excluding diaryl/α,β-unsaturated/α-hetero) is 1. The number of piperazine rings is 1. The average molecular weight is 1020 g/mol. The number of hydrogen-bond acceptors (Lipinski definition) is 13. The highest BCUT2D eigenvalue weighted by atomic mass is 16.6. The Morgan fingerprint density at radius 2 is 1.76 bits per heavy atom. The Bertz CT molecular complexity index is 2580. The van der Waals surface area contributed by atoms with E-state index >= 15 is 0 Å². The van der Waals surface area contributed by atoms with E-state index in [-0.39, 0.29) is 63.8 Å². The number of fused-ring (bicyclic) bond motifs is 9. The molecule has 1 aromatic rings. The number of carbonyl (C=O) groups is 5. The van der Waals surface area contributed by atoms with Crippen LogP contribution in [-0.4, -0.2) is 128 Å². The van der Waals surface area contributed by atoms with Crippen molar-refractivity contribution in [3.8, 4) is 0 Å². The summed E-state index contributed by atoms with van der Waals surface area (Å²) in [6.45, 7) is 13.8. The smallest absolute Gasteiger partial charge is 0.410 e. The highest BCUT2D eigenvalue weighted by Gasteiger charge is 2.57. The molecule has 0 unspecified atom stereocenters. The molecule has 0 spiro atoms. The molecule has 5 aliphatic carbocycles. The zero-order chi connectivity index (χ0) is 52.5. The van der Waals surface area contributed by atoms with Crippen LogP contribution in [0.2, 0.25) is 0 Å². The van der Waals surface area contributed by atoms with Crippen molar-refractivity contribution in [2.24, 2.45) is 46.2 Å². The van der Waals surface area contributed by atoms with Crippen LogP contribution in [0, 0.1) is 40.4 Å². The summed E-state index contributed by atoms with van der Waals surface area (Å²) in [4.78, 5) is 75.9. The molecular formula is C58H76N6O10. The van der Waals surface area contributed by atoms with Gasteiger partial charge in [-0.25, -0.2) is 9.59 Å². The Morgan fingerprint density at radius 3 is 2.49 bits per heavy atom. The number of nitrogens with two attached hydrogens (primary N) is 1. The van der Waals surface area contributed by atoms with Crippen LogP contribution in [-0.2, 0) is 38.1 Å². The fourth-order valence-electron chi connectivity index (χ4n) is 13.9. The van der Waals surface area contributed by atoms with E-state index in [2.05, 4.69) is 52.6 Å². The third-order valence-corrected chi connectivity index (χ3v) is 18.0. The van der Waals surface area contributed by atoms with Crippen LogP contribution in [0.4, 0.5) is 9.59 Å². The van der Waals surface area contributed by atoms with E-state index in [9.17, 15) is 24.0 Å². The number of carbonyl (C=O) groups excluding carboxylic acids is 5. The van der Waals surface area contributed by atoms with Crippen molar-refractivity contribution in [1.29, 1.82) is 0 Å². The van der Waals surface area contributed by atoms with Gasteiger partial charge in [0.05, 0.1) is 17.5 Å². The summed E-state index contributed by atoms with van der Waals surface area (Å²) in [5, 5.41) is 5.97. The molecule has 398 valence electrons. The zero-order valence-corrected chi connectivity index (χ0v) is 44.2. The van der Waals surface area contributed by atoms with Gasteiger partial charge in [-0.3, -0.25) is 24.3 Å². The van der Waals surface area contributed by atoms with E-state index in [1.165, 1.54) is 48.8 Å². The lowest BCUT2D eigenvalue weighted by molar-refractivity contribution is -0.120. The van der Waals surface area contributed by atoms with Gasteiger partial charge in [0.15, 0.2) is 6.10 Å². The Morgan fingerprint density at radius 1 is 0.973 bits per heavy atom. The maximum Gasteiger partial charge on any atom is 0.410 e. The number of hydrogen-bond donors (Lipinski definition) is 3. The van der Waals surface area contributed by atoms with Gasteiger partial charge in [0.1, 0.15) is 24.1 Å². The molecule has 4 N–H and O–H groups in total. The van der Waals surface area contributed by atoms with Gasteiger partial charge in [-0.15, -0.1) is 0 Å². The van der Waals surface area contributed by atoms with E-state index in [1.54, 1.807) is 26.2 Å². The van der Waals surface area contributed by atoms with Gasteiger partial charge in [0.25, 0.3) is 5.91 Å². The molecule has 12 atom stereocenters. The molecule has 0 radical (unpaired) electrons. The van der Waals surface area contributed by atoms with Gasteiger partial charge in [-0.05, 0) is 116 Å². The van der Waals surface area contributed by atoms with Crippen molar-refractivity contribution < 1.29 is 47.7 Å². The molecule has 16 heteroatoms. The Kier molecular flexibility index (Phi) is 15.9. The Balaban J connectivity index is 0.800. The van der Waals surface area contributed by atoms with Crippen LogP contribution in [0.3, 0.4) is 0 Å². The molecule has 3 aliphatic heterocycles. The first kappa shape index (κ1) is 53.0. The predicted molar refractivity (Wildman–Crippen MR) is 278 cm³/mol. The summed E-state index contributed by atoms with van der Waals surface area (Å²) >= 11 is 0. The molecule has 1 aromatic heterocycles. The Labute approximate surface area is 435 Å². The zero-order valence-electron chi connectivity index (χ0n) is 44.2. The molecule has 3 amide bonds. The summed E-state index contributed by atoms with van der Waals surface area (Å²) in [6.07, 6.45) is 20.5. The van der Waals surface area contributed by atoms with Crippen LogP contribution < -0.4 is 16.4 Å². The van der Waals surface area contributed by atoms with E-state index in [0.29, 0.717) is 69.2 Å². The second-order valence-corrected chi connectivity index (χ2v) is 22.5. The minimum absolute atomic E-state index is 0.107. The number of primary amides is 1. The lowest BCUT2D eigenvalue weighted by Crippen LogP contribution is -2.52. The lowest BCUT2D eigenvalue weighted by Gasteiger charge is -2.58. The van der Waals surface area contributed by atoms with Gasteiger partial charge in [-0.1, -0.05) is 69.7 Å². The highest BCUT2D eigenvalue weighted by molar-refractivity contribution is 6.23. The SMILES string of the molecule is CO[C@H]1/C=C\C=C(/C)C(=O)NC2=CC(=O)C(NCCN3CCN(C(=O)O[C@H]4CC[C@@]5(C)C(=CC[C@@H]6[C@@H]5CC[C@]5(C)C(c7cccnc7)=CC[C@@H]65)C4)CC3)=C(C[C@@H](C)C[C@H](OC)[C@H]3OC(=C[C@@H]3C)[C@@H]1OC(N)=O)C2=O. The monoisotopic (exact) mass is 1020 g/mol. The first-order valence-electron chi connectivity index (χ1n) is 26.8. The fraction of sp³-hybridized carbons (Fsp3) is 0.586. The summed E-state index contributed by atoms with van der Waals surface area (Å²) in [5.41, 5.74) is 10.6. The topological polar surface area (TPSA) is 201 Å². The molecule has 1 saturated heterocycles. The van der Waals surface area contributed by atoms with Crippen molar-refractivity contribution in [1.82, 2.24) is 25.4 Å². The number of ether oxygens (including phenoxy) is 5. The minimum Gasteiger partial charge on any atom is -0.488 e. The largest absolute Gasteiger partial charge is 0.488 e. The van der Waals surface area contributed by atoms with Crippen molar-refractivity contribution in [2.45, 2.75) is 123 Å². The van der Waals surface area contributed by atoms with Crippen LogP contribution >= 0.6 is 0 Å². The standard InChI is InChI=1S/C58H76N6O10/c1-34-28-41-50(46(65)32-45(51(41)66)62-54(67)35(2)10-8-12-47(70-6)53(74-55(59)68)49-30-36(3)52(73-49)48(29-34)71-7)61-22-23-63-24-26-64(27-25-63)56(69)72-39-17-19-57(4)38(31-39)13-14-40-43-16-15-42(37-11-9-21-60-33-37)58(43,5)20-18-44(40)57/h8-13,15,21,30,32-34,36,39-40,43-44,47-48,52-53,61H,14,16-20,22-29,31H2,1-7H3,(H2,59,68)(H,62,67)/b12-8-,35-10+/t34-,36+,39+,40+,43+,44+,47+,48+,52+,53-,57+,58-/m1/s1.